The van der Waals surface area contributed by atoms with E-state index in [2.05, 4.69) is 45.0 Å². The largest absolute Gasteiger partial charge is 0.0683 e. The van der Waals surface area contributed by atoms with Gasteiger partial charge in [0.25, 0.3) is 0 Å². The van der Waals surface area contributed by atoms with Gasteiger partial charge in [-0.05, 0) is 36.0 Å². The van der Waals surface area contributed by atoms with Crippen LogP contribution < -0.4 is 0 Å². The molecule has 0 atom stereocenters. The van der Waals surface area contributed by atoms with Crippen LogP contribution >= 0.6 is 0 Å². The fourth-order valence-electron chi connectivity index (χ4n) is 2.06. The van der Waals surface area contributed by atoms with E-state index in [1.165, 1.54) is 22.3 Å². The Bertz CT molecular complexity index is 361. The fourth-order valence-corrected chi connectivity index (χ4v) is 2.06. The fraction of sp³-hybridized carbons (Fsp3) is 0.385. The van der Waals surface area contributed by atoms with Gasteiger partial charge < -0.3 is 0 Å². The minimum Gasteiger partial charge on any atom is -0.0683 e. The molecule has 1 aliphatic carbocycles. The Morgan fingerprint density at radius 3 is 2.57 bits per heavy atom. The van der Waals surface area contributed by atoms with E-state index in [1.54, 1.807) is 0 Å². The zero-order valence-electron chi connectivity index (χ0n) is 9.09. The van der Waals surface area contributed by atoms with E-state index >= 15 is 0 Å². The Morgan fingerprint density at radius 2 is 1.93 bits per heavy atom. The predicted octanol–water partition coefficient (Wildman–Crippen LogP) is 3.77. The first-order chi connectivity index (χ1) is 6.18. The van der Waals surface area contributed by atoms with Gasteiger partial charge in [0.15, 0.2) is 0 Å². The quantitative estimate of drug-likeness (QED) is 0.676. The first-order valence-electron chi connectivity index (χ1n) is 4.97. The minimum atomic E-state index is 0. The molecule has 0 nitrogen and oxygen atoms in total. The monoisotopic (exact) mass is 352 g/mol. The molecule has 0 aliphatic heterocycles. The average Bonchev–Trinajstić information content (AvgIpc) is 2.43. The Labute approximate surface area is 105 Å². The van der Waals surface area contributed by atoms with Gasteiger partial charge >= 0.3 is 0 Å². The van der Waals surface area contributed by atoms with Gasteiger partial charge in [-0.1, -0.05) is 43.7 Å². The smallest absolute Gasteiger partial charge is 0 e. The van der Waals surface area contributed by atoms with Crippen LogP contribution in [0, 0.1) is 0 Å². The second kappa shape index (κ2) is 4.57. The molecule has 2 rings (SSSR count). The van der Waals surface area contributed by atoms with Crippen molar-refractivity contribution in [1.29, 1.82) is 0 Å². The number of hydrogen-bond acceptors (Lipinski definition) is 0. The average molecular weight is 351 g/mol. The van der Waals surface area contributed by atoms with Gasteiger partial charge in [0.05, 0.1) is 0 Å². The topological polar surface area (TPSA) is 0 Å². The van der Waals surface area contributed by atoms with Crippen molar-refractivity contribution in [3.8, 4) is 0 Å². The van der Waals surface area contributed by atoms with Crippen molar-refractivity contribution in [2.24, 2.45) is 0 Å². The Balaban J connectivity index is 0.000000980. The van der Waals surface area contributed by atoms with Crippen molar-refractivity contribution in [3.63, 3.8) is 0 Å². The third-order valence-electron chi connectivity index (χ3n) is 2.71. The third kappa shape index (κ3) is 2.08. The molecule has 1 aromatic rings. The number of allylic oxidation sites excluding steroid dienone is 1. The molecular weight excluding hydrogens is 335 g/mol. The van der Waals surface area contributed by atoms with Gasteiger partial charge in [-0.25, -0.2) is 0 Å². The van der Waals surface area contributed by atoms with Crippen LogP contribution in [0.3, 0.4) is 0 Å². The van der Waals surface area contributed by atoms with E-state index in [0.717, 1.165) is 6.42 Å². The molecule has 0 aromatic heterocycles. The van der Waals surface area contributed by atoms with Crippen molar-refractivity contribution in [2.75, 3.05) is 0 Å². The Hall–Kier alpha value is -0.170. The van der Waals surface area contributed by atoms with E-state index < -0.39 is 0 Å². The molecule has 0 heterocycles. The summed E-state index contributed by atoms with van der Waals surface area (Å²) in [5, 5.41) is 0. The number of rotatable bonds is 1. The summed E-state index contributed by atoms with van der Waals surface area (Å²) in [4.78, 5) is 0. The van der Waals surface area contributed by atoms with Gasteiger partial charge in [-0.3, -0.25) is 0 Å². The normalized spacial score (nSPS) is 13.6. The van der Waals surface area contributed by atoms with Crippen LogP contribution in [-0.2, 0) is 32.3 Å². The van der Waals surface area contributed by atoms with Gasteiger partial charge in [-0.2, -0.15) is 0 Å². The molecule has 0 saturated carbocycles. The number of benzene rings is 1. The van der Waals surface area contributed by atoms with E-state index in [1.807, 2.05) is 0 Å². The summed E-state index contributed by atoms with van der Waals surface area (Å²) in [5.41, 5.74) is 5.97. The van der Waals surface area contributed by atoms with Crippen molar-refractivity contribution in [1.82, 2.24) is 0 Å². The summed E-state index contributed by atoms with van der Waals surface area (Å²) < 4.78 is 0. The van der Waals surface area contributed by atoms with Crippen LogP contribution in [0.4, 0.5) is 0 Å². The molecule has 14 heavy (non-hydrogen) atoms. The number of hydrogen-bond donors (Lipinski definition) is 0. The van der Waals surface area contributed by atoms with E-state index in [0.29, 0.717) is 5.92 Å². The maximum absolute atomic E-state index is 2.34. The minimum absolute atomic E-state index is 0. The maximum atomic E-state index is 2.34. The predicted molar refractivity (Wildman–Crippen MR) is 57.9 cm³/mol. The molecular formula is C13H16Hf. The molecule has 0 fully saturated rings. The molecule has 1 aromatic carbocycles. The summed E-state index contributed by atoms with van der Waals surface area (Å²) in [5.74, 6) is 0.636. The van der Waals surface area contributed by atoms with Crippen LogP contribution in [0.2, 0.25) is 0 Å². The summed E-state index contributed by atoms with van der Waals surface area (Å²) in [6, 6.07) is 6.67. The van der Waals surface area contributed by atoms with Crippen molar-refractivity contribution in [2.45, 2.75) is 33.1 Å². The Kier molecular flexibility index (Phi) is 3.88. The Morgan fingerprint density at radius 1 is 1.21 bits per heavy atom. The first-order valence-corrected chi connectivity index (χ1v) is 4.97. The summed E-state index contributed by atoms with van der Waals surface area (Å²) in [6.45, 7) is 6.73. The molecule has 0 spiro atoms. The summed E-state index contributed by atoms with van der Waals surface area (Å²) in [7, 11) is 0. The third-order valence-corrected chi connectivity index (χ3v) is 2.71. The van der Waals surface area contributed by atoms with Gasteiger partial charge in [-0.15, -0.1) is 0 Å². The van der Waals surface area contributed by atoms with E-state index in [4.69, 9.17) is 0 Å². The second-order valence-electron chi connectivity index (χ2n) is 4.24. The van der Waals surface area contributed by atoms with Crippen LogP contribution in [-0.4, -0.2) is 0 Å². The SMILES string of the molecule is CC1=Cc2c(cccc2C(C)C)C1.[Hf]. The molecule has 1 heteroatoms. The molecule has 72 valence electrons. The van der Waals surface area contributed by atoms with E-state index in [9.17, 15) is 0 Å². The molecule has 1 aliphatic rings. The summed E-state index contributed by atoms with van der Waals surface area (Å²) >= 11 is 0. The zero-order valence-corrected chi connectivity index (χ0v) is 12.7. The molecule has 0 radical (unpaired) electrons. The second-order valence-corrected chi connectivity index (χ2v) is 4.24. The van der Waals surface area contributed by atoms with Crippen LogP contribution in [0.1, 0.15) is 43.4 Å². The molecule has 0 saturated heterocycles. The molecule has 0 unspecified atom stereocenters. The molecule has 0 amide bonds. The number of fused-ring (bicyclic) bond motifs is 1. The van der Waals surface area contributed by atoms with Gasteiger partial charge in [0.2, 0.25) is 0 Å². The van der Waals surface area contributed by atoms with E-state index in [-0.39, 0.29) is 25.8 Å². The maximum Gasteiger partial charge on any atom is 0 e. The van der Waals surface area contributed by atoms with Crippen molar-refractivity contribution >= 4 is 6.08 Å². The molecule has 0 bridgehead atoms. The molecule has 0 N–H and O–H groups in total. The van der Waals surface area contributed by atoms with Gasteiger partial charge in [0.1, 0.15) is 0 Å². The van der Waals surface area contributed by atoms with Crippen LogP contribution in [0.25, 0.3) is 6.08 Å². The van der Waals surface area contributed by atoms with Crippen molar-refractivity contribution in [3.05, 3.63) is 40.5 Å². The van der Waals surface area contributed by atoms with Crippen LogP contribution in [0.5, 0.6) is 0 Å². The van der Waals surface area contributed by atoms with Crippen molar-refractivity contribution < 1.29 is 25.8 Å². The van der Waals surface area contributed by atoms with Crippen LogP contribution in [0.15, 0.2) is 23.8 Å². The standard InChI is InChI=1S/C13H16.Hf/c1-9(2)12-6-4-5-11-7-10(3)8-13(11)12;/h4-6,8-9H,7H2,1-3H3;. The summed E-state index contributed by atoms with van der Waals surface area (Å²) in [6.07, 6.45) is 3.49. The zero-order chi connectivity index (χ0) is 9.42. The first kappa shape index (κ1) is 11.9. The van der Waals surface area contributed by atoms with Gasteiger partial charge in [0, 0.05) is 25.8 Å².